The molecule has 0 fully saturated rings. The minimum Gasteiger partial charge on any atom is -0.260 e. The van der Waals surface area contributed by atoms with Crippen LogP contribution in [0, 0.1) is 30.1 Å². The Morgan fingerprint density at radius 1 is 1.04 bits per heavy atom. The first-order valence-electron chi connectivity index (χ1n) is 9.74. The van der Waals surface area contributed by atoms with Gasteiger partial charge in [0, 0.05) is 6.20 Å². The van der Waals surface area contributed by atoms with E-state index >= 15 is 0 Å². The lowest BCUT2D eigenvalue weighted by Gasteiger charge is -2.02. The molecule has 24 heavy (non-hydrogen) atoms. The highest BCUT2D eigenvalue weighted by Gasteiger charge is 1.93. The van der Waals surface area contributed by atoms with E-state index in [0.717, 1.165) is 17.5 Å². The molecule has 2 nitrogen and oxygen atoms in total. The molecule has 1 rings (SSSR count). The van der Waals surface area contributed by atoms with Gasteiger partial charge in [-0.2, -0.15) is 5.26 Å². The smallest absolute Gasteiger partial charge is 0.101 e. The second-order valence-corrected chi connectivity index (χ2v) is 6.23. The maximum absolute atomic E-state index is 8.43. The quantitative estimate of drug-likeness (QED) is 0.557. The molecule has 0 saturated heterocycles. The van der Waals surface area contributed by atoms with Gasteiger partial charge in [0.2, 0.25) is 0 Å². The monoisotopic (exact) mass is 334 g/mol. The number of rotatable bonds is 5. The van der Waals surface area contributed by atoms with E-state index in [1.807, 2.05) is 26.8 Å². The summed E-state index contributed by atoms with van der Waals surface area (Å²) in [6, 6.07) is 5.54. The van der Waals surface area contributed by atoms with Crippen LogP contribution in [0.5, 0.6) is 0 Å². The molecule has 0 aliphatic heterocycles. The molecule has 1 aromatic heterocycles. The van der Waals surface area contributed by atoms with Crippen LogP contribution in [0.25, 0.3) is 0 Å². The highest BCUT2D eigenvalue weighted by molar-refractivity contribution is 5.31. The number of hydrogen-bond donors (Lipinski definition) is 0. The molecule has 0 aliphatic rings. The van der Waals surface area contributed by atoms with E-state index in [4.69, 9.17) is 5.26 Å². The van der Waals surface area contributed by atoms with Crippen LogP contribution < -0.4 is 0 Å². The highest BCUT2D eigenvalue weighted by Crippen LogP contribution is 2.07. The molecule has 1 atom stereocenters. The average molecular weight is 335 g/mol. The zero-order valence-electron chi connectivity index (χ0n) is 17.8. The summed E-state index contributed by atoms with van der Waals surface area (Å²) >= 11 is 0. The first kappa shape index (κ1) is 27.5. The molecule has 0 N–H and O–H groups in total. The number of aromatic nitrogens is 1. The molecule has 0 aliphatic carbocycles. The van der Waals surface area contributed by atoms with Crippen molar-refractivity contribution in [3.05, 3.63) is 29.6 Å². The Kier molecular flexibility index (Phi) is 24.8. The third-order valence-corrected chi connectivity index (χ3v) is 3.47. The van der Waals surface area contributed by atoms with Gasteiger partial charge in [-0.3, -0.25) is 4.98 Å². The Morgan fingerprint density at radius 3 is 1.79 bits per heavy atom. The van der Waals surface area contributed by atoms with Gasteiger partial charge >= 0.3 is 0 Å². The van der Waals surface area contributed by atoms with Crippen molar-refractivity contribution in [1.82, 2.24) is 4.98 Å². The van der Waals surface area contributed by atoms with E-state index in [2.05, 4.69) is 46.5 Å². The number of nitrogens with zero attached hydrogens (tertiary/aromatic N) is 2. The van der Waals surface area contributed by atoms with Crippen molar-refractivity contribution in [2.45, 2.75) is 94.4 Å². The summed E-state index contributed by atoms with van der Waals surface area (Å²) < 4.78 is 0. The third-order valence-electron chi connectivity index (χ3n) is 3.47. The van der Waals surface area contributed by atoms with E-state index in [9.17, 15) is 0 Å². The van der Waals surface area contributed by atoms with Gasteiger partial charge < -0.3 is 0 Å². The van der Waals surface area contributed by atoms with Crippen LogP contribution in [-0.2, 0) is 0 Å². The van der Waals surface area contributed by atoms with Crippen LogP contribution in [-0.4, -0.2) is 4.98 Å². The predicted molar refractivity (Wildman–Crippen MR) is 109 cm³/mol. The first-order chi connectivity index (χ1) is 11.4. The van der Waals surface area contributed by atoms with Gasteiger partial charge in [-0.15, -0.1) is 0 Å². The highest BCUT2D eigenvalue weighted by atomic mass is 14.7. The SMILES string of the molecule is CC.CCCC(C)C.CCCC(C)CC.Cc1ncccc1C#N. The Labute approximate surface area is 152 Å². The molecular weight excluding hydrogens is 292 g/mol. The van der Waals surface area contributed by atoms with Gasteiger partial charge in [-0.1, -0.05) is 87.5 Å². The average Bonchev–Trinajstić information content (AvgIpc) is 2.58. The Bertz CT molecular complexity index is 391. The van der Waals surface area contributed by atoms with E-state index < -0.39 is 0 Å². The first-order valence-corrected chi connectivity index (χ1v) is 9.74. The van der Waals surface area contributed by atoms with Crippen molar-refractivity contribution < 1.29 is 0 Å². The van der Waals surface area contributed by atoms with Crippen molar-refractivity contribution in [3.8, 4) is 6.07 Å². The maximum Gasteiger partial charge on any atom is 0.101 e. The van der Waals surface area contributed by atoms with Gasteiger partial charge in [-0.05, 0) is 30.9 Å². The minimum absolute atomic E-state index is 0.650. The Morgan fingerprint density at radius 2 is 1.58 bits per heavy atom. The van der Waals surface area contributed by atoms with Gasteiger partial charge in [0.05, 0.1) is 11.3 Å². The van der Waals surface area contributed by atoms with Crippen LogP contribution in [0.1, 0.15) is 98.8 Å². The zero-order chi connectivity index (χ0) is 19.4. The molecule has 0 saturated carbocycles. The summed E-state index contributed by atoms with van der Waals surface area (Å²) in [6.45, 7) is 19.3. The fourth-order valence-corrected chi connectivity index (χ4v) is 1.88. The number of nitriles is 1. The molecule has 140 valence electrons. The molecule has 0 bridgehead atoms. The molecule has 2 heteroatoms. The van der Waals surface area contributed by atoms with Gasteiger partial charge in [0.25, 0.3) is 0 Å². The summed E-state index contributed by atoms with van der Waals surface area (Å²) in [5, 5.41) is 8.43. The van der Waals surface area contributed by atoms with E-state index in [1.54, 1.807) is 18.3 Å². The number of pyridine rings is 1. The molecule has 0 radical (unpaired) electrons. The van der Waals surface area contributed by atoms with Crippen LogP contribution >= 0.6 is 0 Å². The van der Waals surface area contributed by atoms with Crippen LogP contribution in [0.4, 0.5) is 0 Å². The van der Waals surface area contributed by atoms with Gasteiger partial charge in [-0.25, -0.2) is 0 Å². The van der Waals surface area contributed by atoms with Crippen molar-refractivity contribution in [1.29, 1.82) is 5.26 Å². The normalized spacial score (nSPS) is 10.0. The Hall–Kier alpha value is -1.36. The topological polar surface area (TPSA) is 36.7 Å². The lowest BCUT2D eigenvalue weighted by atomic mass is 10.0. The van der Waals surface area contributed by atoms with Crippen molar-refractivity contribution in [2.24, 2.45) is 11.8 Å². The van der Waals surface area contributed by atoms with Gasteiger partial charge in [0.15, 0.2) is 0 Å². The predicted octanol–water partition coefficient (Wildman–Crippen LogP) is 7.56. The molecule has 0 aromatic carbocycles. The summed E-state index contributed by atoms with van der Waals surface area (Å²) in [6.07, 6.45) is 8.47. The van der Waals surface area contributed by atoms with Crippen LogP contribution in [0.2, 0.25) is 0 Å². The van der Waals surface area contributed by atoms with Crippen molar-refractivity contribution in [2.75, 3.05) is 0 Å². The second-order valence-electron chi connectivity index (χ2n) is 6.23. The number of aryl methyl sites for hydroxylation is 1. The molecule has 1 aromatic rings. The summed E-state index contributed by atoms with van der Waals surface area (Å²) in [5.41, 5.74) is 1.44. The second kappa shape index (κ2) is 21.6. The van der Waals surface area contributed by atoms with Crippen molar-refractivity contribution in [3.63, 3.8) is 0 Å². The minimum atomic E-state index is 0.650. The summed E-state index contributed by atoms with van der Waals surface area (Å²) in [4.78, 5) is 3.93. The third kappa shape index (κ3) is 20.6. The van der Waals surface area contributed by atoms with Crippen LogP contribution in [0.3, 0.4) is 0 Å². The number of hydrogen-bond acceptors (Lipinski definition) is 2. The molecular formula is C22H42N2. The standard InChI is InChI=1S/C7H6N2.C7H16.C6H14.C2H6/c1-6-7(5-8)3-2-4-9-6;1-4-6-7(3)5-2;1-4-5-6(2)3;1-2/h2-4H,1H3;7H,4-6H2,1-3H3;6H,4-5H2,1-3H3;1-2H3. The largest absolute Gasteiger partial charge is 0.260 e. The summed E-state index contributed by atoms with van der Waals surface area (Å²) in [5.74, 6) is 1.85. The van der Waals surface area contributed by atoms with Gasteiger partial charge in [0.1, 0.15) is 6.07 Å². The zero-order valence-corrected chi connectivity index (χ0v) is 17.8. The molecule has 0 spiro atoms. The van der Waals surface area contributed by atoms with Crippen molar-refractivity contribution >= 4 is 0 Å². The van der Waals surface area contributed by atoms with E-state index in [0.29, 0.717) is 5.56 Å². The fraction of sp³-hybridized carbons (Fsp3) is 0.727. The van der Waals surface area contributed by atoms with E-state index in [-0.39, 0.29) is 0 Å². The Balaban J connectivity index is -0.000000268. The van der Waals surface area contributed by atoms with Crippen LogP contribution in [0.15, 0.2) is 18.3 Å². The lowest BCUT2D eigenvalue weighted by Crippen LogP contribution is -1.88. The summed E-state index contributed by atoms with van der Waals surface area (Å²) in [7, 11) is 0. The fourth-order valence-electron chi connectivity index (χ4n) is 1.88. The lowest BCUT2D eigenvalue weighted by molar-refractivity contribution is 0.509. The van der Waals surface area contributed by atoms with E-state index in [1.165, 1.54) is 32.1 Å². The maximum atomic E-state index is 8.43. The molecule has 1 unspecified atom stereocenters. The molecule has 0 amide bonds. The molecule has 1 heterocycles.